The highest BCUT2D eigenvalue weighted by atomic mass is 19.4. The van der Waals surface area contributed by atoms with Gasteiger partial charge in [-0.25, -0.2) is 4.79 Å². The molecule has 1 amide bonds. The highest BCUT2D eigenvalue weighted by molar-refractivity contribution is 5.68. The van der Waals surface area contributed by atoms with Crippen molar-refractivity contribution >= 4 is 6.09 Å². The monoisotopic (exact) mass is 279 g/mol. The van der Waals surface area contributed by atoms with E-state index in [0.29, 0.717) is 12.8 Å². The molecule has 3 nitrogen and oxygen atoms in total. The minimum absolute atomic E-state index is 0.112. The van der Waals surface area contributed by atoms with E-state index in [0.717, 1.165) is 11.3 Å². The van der Waals surface area contributed by atoms with Crippen LogP contribution in [-0.2, 0) is 4.74 Å². The molecule has 9 heteroatoms. The molecule has 1 aliphatic rings. The first-order chi connectivity index (χ1) is 8.12. The number of likely N-dealkylation sites (tertiary alicyclic amines) is 1. The molecular formula is C9H11F6NO2. The van der Waals surface area contributed by atoms with Gasteiger partial charge in [0.15, 0.2) is 0 Å². The Morgan fingerprint density at radius 3 is 1.78 bits per heavy atom. The number of nitrogens with zero attached hydrogens (tertiary/aromatic N) is 1. The standard InChI is InChI=1S/C9H11F6NO2/c10-8(11,12)6(9(13,14)15)18-7(17)16-4-2-1-3-5-16/h6H,1-5H2. The number of alkyl halides is 6. The van der Waals surface area contributed by atoms with Gasteiger partial charge in [-0.3, -0.25) is 0 Å². The highest BCUT2D eigenvalue weighted by Gasteiger charge is 2.60. The zero-order valence-corrected chi connectivity index (χ0v) is 9.14. The van der Waals surface area contributed by atoms with E-state index in [1.807, 2.05) is 0 Å². The molecule has 0 saturated carbocycles. The van der Waals surface area contributed by atoms with Crippen molar-refractivity contribution < 1.29 is 35.9 Å². The normalized spacial score (nSPS) is 18.1. The third kappa shape index (κ3) is 3.95. The quantitative estimate of drug-likeness (QED) is 0.690. The molecule has 0 aromatic carbocycles. The summed E-state index contributed by atoms with van der Waals surface area (Å²) >= 11 is 0. The van der Waals surface area contributed by atoms with Gasteiger partial charge in [0.2, 0.25) is 0 Å². The molecule has 18 heavy (non-hydrogen) atoms. The number of amides is 1. The molecule has 0 bridgehead atoms. The average Bonchev–Trinajstić information content (AvgIpc) is 2.23. The van der Waals surface area contributed by atoms with Crippen LogP contribution in [0.25, 0.3) is 0 Å². The summed E-state index contributed by atoms with van der Waals surface area (Å²) in [5, 5.41) is 0. The van der Waals surface area contributed by atoms with E-state index in [1.165, 1.54) is 0 Å². The van der Waals surface area contributed by atoms with Crippen molar-refractivity contribution in [2.45, 2.75) is 37.7 Å². The van der Waals surface area contributed by atoms with Crippen LogP contribution in [0.3, 0.4) is 0 Å². The van der Waals surface area contributed by atoms with E-state index in [1.54, 1.807) is 0 Å². The maximum atomic E-state index is 12.1. The largest absolute Gasteiger partial charge is 0.434 e. The molecule has 1 aliphatic heterocycles. The van der Waals surface area contributed by atoms with Crippen LogP contribution in [0.4, 0.5) is 31.1 Å². The highest BCUT2D eigenvalue weighted by Crippen LogP contribution is 2.36. The van der Waals surface area contributed by atoms with Crippen molar-refractivity contribution in [2.75, 3.05) is 13.1 Å². The molecule has 0 spiro atoms. The number of hydrogen-bond acceptors (Lipinski definition) is 2. The van der Waals surface area contributed by atoms with E-state index in [4.69, 9.17) is 0 Å². The number of halogens is 6. The Bertz CT molecular complexity index is 280. The van der Waals surface area contributed by atoms with Crippen LogP contribution in [0.15, 0.2) is 0 Å². The molecule has 0 radical (unpaired) electrons. The number of carbonyl (C=O) groups is 1. The fourth-order valence-electron chi connectivity index (χ4n) is 1.57. The first-order valence-corrected chi connectivity index (χ1v) is 5.21. The van der Waals surface area contributed by atoms with Crippen LogP contribution < -0.4 is 0 Å². The Kier molecular flexibility index (Phi) is 4.33. The minimum atomic E-state index is -5.66. The van der Waals surface area contributed by atoms with Crippen LogP contribution >= 0.6 is 0 Å². The molecule has 0 aliphatic carbocycles. The third-order valence-corrected chi connectivity index (χ3v) is 2.43. The van der Waals surface area contributed by atoms with Crippen LogP contribution in [0.5, 0.6) is 0 Å². The van der Waals surface area contributed by atoms with Gasteiger partial charge in [-0.1, -0.05) is 0 Å². The molecule has 1 saturated heterocycles. The molecular weight excluding hydrogens is 268 g/mol. The van der Waals surface area contributed by atoms with Gasteiger partial charge in [-0.05, 0) is 19.3 Å². The second kappa shape index (κ2) is 5.23. The average molecular weight is 279 g/mol. The van der Waals surface area contributed by atoms with Crippen LogP contribution in [0, 0.1) is 0 Å². The molecule has 106 valence electrons. The SMILES string of the molecule is O=C(OC(C(F)(F)F)C(F)(F)F)N1CCCCC1. The smallest absolute Gasteiger partial charge is 0.426 e. The summed E-state index contributed by atoms with van der Waals surface area (Å²) in [6.07, 6.45) is -15.1. The van der Waals surface area contributed by atoms with Crippen LogP contribution in [0.2, 0.25) is 0 Å². The zero-order valence-electron chi connectivity index (χ0n) is 9.14. The van der Waals surface area contributed by atoms with Gasteiger partial charge in [0.05, 0.1) is 0 Å². The summed E-state index contributed by atoms with van der Waals surface area (Å²) in [5.41, 5.74) is 0. The lowest BCUT2D eigenvalue weighted by Crippen LogP contribution is -2.48. The van der Waals surface area contributed by atoms with Crippen molar-refractivity contribution in [3.63, 3.8) is 0 Å². The molecule has 0 aromatic rings. The fraction of sp³-hybridized carbons (Fsp3) is 0.889. The van der Waals surface area contributed by atoms with Gasteiger partial charge < -0.3 is 9.64 Å². The van der Waals surface area contributed by atoms with E-state index in [9.17, 15) is 31.1 Å². The summed E-state index contributed by atoms with van der Waals surface area (Å²) in [4.78, 5) is 12.1. The Morgan fingerprint density at radius 2 is 1.39 bits per heavy atom. The maximum Gasteiger partial charge on any atom is 0.434 e. The van der Waals surface area contributed by atoms with Gasteiger partial charge in [0.1, 0.15) is 0 Å². The molecule has 1 heterocycles. The first kappa shape index (κ1) is 14.9. The van der Waals surface area contributed by atoms with E-state index < -0.39 is 24.5 Å². The number of hydrogen-bond donors (Lipinski definition) is 0. The Morgan fingerprint density at radius 1 is 0.944 bits per heavy atom. The summed E-state index contributed by atoms with van der Waals surface area (Å²) < 4.78 is 76.3. The van der Waals surface area contributed by atoms with Crippen LogP contribution in [0.1, 0.15) is 19.3 Å². The number of piperidine rings is 1. The van der Waals surface area contributed by atoms with Crippen molar-refractivity contribution in [1.82, 2.24) is 4.90 Å². The van der Waals surface area contributed by atoms with Gasteiger partial charge in [0, 0.05) is 13.1 Å². The topological polar surface area (TPSA) is 29.5 Å². The Balaban J connectivity index is 2.69. The lowest BCUT2D eigenvalue weighted by Gasteiger charge is -2.29. The fourth-order valence-corrected chi connectivity index (χ4v) is 1.57. The zero-order chi connectivity index (χ0) is 14.0. The van der Waals surface area contributed by atoms with Gasteiger partial charge >= 0.3 is 18.4 Å². The Labute approximate surface area is 98.7 Å². The second-order valence-corrected chi connectivity index (χ2v) is 3.89. The summed E-state index contributed by atoms with van der Waals surface area (Å²) in [5.74, 6) is 0. The molecule has 0 unspecified atom stereocenters. The first-order valence-electron chi connectivity index (χ1n) is 5.21. The predicted octanol–water partition coefficient (Wildman–Crippen LogP) is 3.10. The molecule has 0 aromatic heterocycles. The summed E-state index contributed by atoms with van der Waals surface area (Å²) in [6.45, 7) is 0.225. The lowest BCUT2D eigenvalue weighted by atomic mass is 10.1. The molecule has 0 atom stereocenters. The molecule has 0 N–H and O–H groups in total. The van der Waals surface area contributed by atoms with Crippen molar-refractivity contribution in [3.8, 4) is 0 Å². The third-order valence-electron chi connectivity index (χ3n) is 2.43. The van der Waals surface area contributed by atoms with E-state index in [2.05, 4.69) is 4.74 Å². The second-order valence-electron chi connectivity index (χ2n) is 3.89. The summed E-state index contributed by atoms with van der Waals surface area (Å²) in [7, 11) is 0. The van der Waals surface area contributed by atoms with Gasteiger partial charge in [-0.2, -0.15) is 26.3 Å². The predicted molar refractivity (Wildman–Crippen MR) is 47.8 cm³/mol. The Hall–Kier alpha value is -1.15. The summed E-state index contributed by atoms with van der Waals surface area (Å²) in [6, 6.07) is 0. The van der Waals surface area contributed by atoms with Gasteiger partial charge in [0.25, 0.3) is 6.10 Å². The van der Waals surface area contributed by atoms with Crippen molar-refractivity contribution in [3.05, 3.63) is 0 Å². The minimum Gasteiger partial charge on any atom is -0.426 e. The number of ether oxygens (including phenoxy) is 1. The van der Waals surface area contributed by atoms with Crippen LogP contribution in [-0.4, -0.2) is 42.5 Å². The van der Waals surface area contributed by atoms with Gasteiger partial charge in [-0.15, -0.1) is 0 Å². The maximum absolute atomic E-state index is 12.1. The molecule has 1 rings (SSSR count). The molecule has 1 fully saturated rings. The number of carbonyl (C=O) groups excluding carboxylic acids is 1. The van der Waals surface area contributed by atoms with E-state index in [-0.39, 0.29) is 13.1 Å². The lowest BCUT2D eigenvalue weighted by molar-refractivity contribution is -0.308. The van der Waals surface area contributed by atoms with E-state index >= 15 is 0 Å². The number of rotatable bonds is 1. The van der Waals surface area contributed by atoms with Crippen molar-refractivity contribution in [2.24, 2.45) is 0 Å². The van der Waals surface area contributed by atoms with Crippen molar-refractivity contribution in [1.29, 1.82) is 0 Å².